The molecular weight excluding hydrogens is 256 g/mol. The molecule has 0 fully saturated rings. The molecule has 1 aromatic carbocycles. The summed E-state index contributed by atoms with van der Waals surface area (Å²) in [6, 6.07) is 7.58. The maximum Gasteiger partial charge on any atom is 0.337 e. The van der Waals surface area contributed by atoms with Crippen LogP contribution in [0.1, 0.15) is 20.8 Å². The molecule has 0 radical (unpaired) electrons. The highest BCUT2D eigenvalue weighted by Crippen LogP contribution is 2.20. The van der Waals surface area contributed by atoms with E-state index >= 15 is 0 Å². The molecule has 0 aliphatic heterocycles. The van der Waals surface area contributed by atoms with E-state index in [1.54, 1.807) is 18.3 Å². The Morgan fingerprint density at radius 2 is 2.06 bits per heavy atom. The monoisotopic (exact) mass is 264 g/mol. The second-order valence-electron chi connectivity index (χ2n) is 3.54. The molecule has 2 rings (SSSR count). The molecular formula is C12H9ClN2O3. The lowest BCUT2D eigenvalue weighted by atomic mass is 10.2. The van der Waals surface area contributed by atoms with Crippen LogP contribution in [0, 0.1) is 0 Å². The molecule has 0 saturated heterocycles. The fourth-order valence-electron chi connectivity index (χ4n) is 1.44. The first kappa shape index (κ1) is 12.2. The van der Waals surface area contributed by atoms with Gasteiger partial charge in [-0.25, -0.2) is 4.79 Å². The van der Waals surface area contributed by atoms with Gasteiger partial charge in [0.15, 0.2) is 0 Å². The van der Waals surface area contributed by atoms with Crippen LogP contribution in [0.15, 0.2) is 36.5 Å². The molecule has 1 heterocycles. The zero-order chi connectivity index (χ0) is 13.1. The van der Waals surface area contributed by atoms with E-state index in [0.29, 0.717) is 11.4 Å². The van der Waals surface area contributed by atoms with E-state index in [-0.39, 0.29) is 16.5 Å². The minimum atomic E-state index is -1.14. The average molecular weight is 265 g/mol. The van der Waals surface area contributed by atoms with Gasteiger partial charge in [0, 0.05) is 11.9 Å². The lowest BCUT2D eigenvalue weighted by Crippen LogP contribution is -2.12. The Morgan fingerprint density at radius 1 is 1.28 bits per heavy atom. The Balaban J connectivity index is 2.22. The molecule has 0 unspecified atom stereocenters. The van der Waals surface area contributed by atoms with E-state index in [0.717, 1.165) is 0 Å². The standard InChI is InChI=1S/C12H9ClN2O3/c13-9-4-3-7(6-8(9)12(17)18)15-11(16)10-2-1-5-14-10/h1-6,14H,(H,15,16)(H,17,18). The van der Waals surface area contributed by atoms with E-state index in [2.05, 4.69) is 10.3 Å². The van der Waals surface area contributed by atoms with Crippen LogP contribution in [-0.2, 0) is 0 Å². The summed E-state index contributed by atoms with van der Waals surface area (Å²) in [5.74, 6) is -1.49. The number of carbonyl (C=O) groups is 2. The average Bonchev–Trinajstić information content (AvgIpc) is 2.85. The van der Waals surface area contributed by atoms with Crippen LogP contribution < -0.4 is 5.32 Å². The van der Waals surface area contributed by atoms with Gasteiger partial charge >= 0.3 is 5.97 Å². The molecule has 0 spiro atoms. The third-order valence-electron chi connectivity index (χ3n) is 2.30. The fraction of sp³-hybridized carbons (Fsp3) is 0. The Bertz CT molecular complexity index is 593. The van der Waals surface area contributed by atoms with Gasteiger partial charge < -0.3 is 15.4 Å². The minimum Gasteiger partial charge on any atom is -0.478 e. The second-order valence-corrected chi connectivity index (χ2v) is 3.94. The fourth-order valence-corrected chi connectivity index (χ4v) is 1.64. The number of amides is 1. The van der Waals surface area contributed by atoms with Gasteiger partial charge in [0.2, 0.25) is 0 Å². The van der Waals surface area contributed by atoms with Gasteiger partial charge in [0.1, 0.15) is 5.69 Å². The number of carbonyl (C=O) groups excluding carboxylic acids is 1. The van der Waals surface area contributed by atoms with Crippen molar-refractivity contribution in [3.8, 4) is 0 Å². The highest BCUT2D eigenvalue weighted by molar-refractivity contribution is 6.33. The molecule has 1 amide bonds. The van der Waals surface area contributed by atoms with Crippen molar-refractivity contribution in [1.82, 2.24) is 4.98 Å². The Hall–Kier alpha value is -2.27. The molecule has 92 valence electrons. The molecule has 3 N–H and O–H groups in total. The summed E-state index contributed by atoms with van der Waals surface area (Å²) in [5.41, 5.74) is 0.708. The number of halogens is 1. The number of aromatic nitrogens is 1. The van der Waals surface area contributed by atoms with Crippen LogP contribution in [0.2, 0.25) is 5.02 Å². The van der Waals surface area contributed by atoms with Gasteiger partial charge in [0.25, 0.3) is 5.91 Å². The highest BCUT2D eigenvalue weighted by Gasteiger charge is 2.11. The lowest BCUT2D eigenvalue weighted by Gasteiger charge is -2.06. The van der Waals surface area contributed by atoms with E-state index in [9.17, 15) is 9.59 Å². The van der Waals surface area contributed by atoms with Crippen molar-refractivity contribution >= 4 is 29.2 Å². The second kappa shape index (κ2) is 4.93. The van der Waals surface area contributed by atoms with E-state index < -0.39 is 5.97 Å². The first-order valence-electron chi connectivity index (χ1n) is 5.05. The molecule has 0 aliphatic carbocycles. The van der Waals surface area contributed by atoms with Crippen molar-refractivity contribution in [2.75, 3.05) is 5.32 Å². The molecule has 0 aliphatic rings. The number of H-pyrrole nitrogens is 1. The number of hydrogen-bond acceptors (Lipinski definition) is 2. The first-order valence-corrected chi connectivity index (χ1v) is 5.43. The van der Waals surface area contributed by atoms with Crippen LogP contribution in [0.3, 0.4) is 0 Å². The van der Waals surface area contributed by atoms with Crippen LogP contribution in [0.4, 0.5) is 5.69 Å². The van der Waals surface area contributed by atoms with E-state index in [4.69, 9.17) is 16.7 Å². The summed E-state index contributed by atoms with van der Waals surface area (Å²) in [6.07, 6.45) is 1.62. The van der Waals surface area contributed by atoms with Crippen LogP contribution in [-0.4, -0.2) is 22.0 Å². The van der Waals surface area contributed by atoms with Crippen molar-refractivity contribution in [3.05, 3.63) is 52.8 Å². The van der Waals surface area contributed by atoms with E-state index in [1.807, 2.05) is 0 Å². The highest BCUT2D eigenvalue weighted by atomic mass is 35.5. The zero-order valence-corrected chi connectivity index (χ0v) is 9.86. The molecule has 0 atom stereocenters. The van der Waals surface area contributed by atoms with Crippen molar-refractivity contribution in [2.45, 2.75) is 0 Å². The van der Waals surface area contributed by atoms with Crippen molar-refractivity contribution in [3.63, 3.8) is 0 Å². The largest absolute Gasteiger partial charge is 0.478 e. The number of aromatic carboxylic acids is 1. The summed E-state index contributed by atoms with van der Waals surface area (Å²) in [4.78, 5) is 25.4. The summed E-state index contributed by atoms with van der Waals surface area (Å²) < 4.78 is 0. The van der Waals surface area contributed by atoms with E-state index in [1.165, 1.54) is 18.2 Å². The van der Waals surface area contributed by atoms with Crippen LogP contribution in [0.5, 0.6) is 0 Å². The Kier molecular flexibility index (Phi) is 3.34. The van der Waals surface area contributed by atoms with Crippen molar-refractivity contribution in [2.24, 2.45) is 0 Å². The lowest BCUT2D eigenvalue weighted by molar-refractivity contribution is 0.0696. The zero-order valence-electron chi connectivity index (χ0n) is 9.11. The number of hydrogen-bond donors (Lipinski definition) is 3. The number of carboxylic acid groups (broad SMARTS) is 1. The van der Waals surface area contributed by atoms with Crippen molar-refractivity contribution < 1.29 is 14.7 Å². The Morgan fingerprint density at radius 3 is 2.67 bits per heavy atom. The number of nitrogens with one attached hydrogen (secondary N) is 2. The third kappa shape index (κ3) is 2.52. The predicted molar refractivity (Wildman–Crippen MR) is 67.2 cm³/mol. The van der Waals surface area contributed by atoms with Gasteiger partial charge in [-0.2, -0.15) is 0 Å². The maximum atomic E-state index is 11.7. The Labute approximate surface area is 107 Å². The number of carboxylic acids is 1. The SMILES string of the molecule is O=C(Nc1ccc(Cl)c(C(=O)O)c1)c1ccc[nH]1. The molecule has 0 bridgehead atoms. The molecule has 0 saturated carbocycles. The van der Waals surface area contributed by atoms with Gasteiger partial charge in [-0.15, -0.1) is 0 Å². The number of benzene rings is 1. The van der Waals surface area contributed by atoms with Gasteiger partial charge in [0.05, 0.1) is 10.6 Å². The predicted octanol–water partition coefficient (Wildman–Crippen LogP) is 2.62. The van der Waals surface area contributed by atoms with Crippen LogP contribution in [0.25, 0.3) is 0 Å². The minimum absolute atomic E-state index is 0.0547. The van der Waals surface area contributed by atoms with Gasteiger partial charge in [-0.1, -0.05) is 11.6 Å². The quantitative estimate of drug-likeness (QED) is 0.797. The summed E-state index contributed by atoms with van der Waals surface area (Å²) in [5, 5.41) is 11.6. The molecule has 18 heavy (non-hydrogen) atoms. The molecule has 5 nitrogen and oxygen atoms in total. The molecule has 6 heteroatoms. The maximum absolute atomic E-state index is 11.7. The smallest absolute Gasteiger partial charge is 0.337 e. The third-order valence-corrected chi connectivity index (χ3v) is 2.63. The van der Waals surface area contributed by atoms with Gasteiger partial charge in [-0.05, 0) is 30.3 Å². The first-order chi connectivity index (χ1) is 8.58. The topological polar surface area (TPSA) is 82.2 Å². The summed E-state index contributed by atoms with van der Waals surface area (Å²) in [7, 11) is 0. The van der Waals surface area contributed by atoms with Crippen LogP contribution >= 0.6 is 11.6 Å². The number of anilines is 1. The molecule has 2 aromatic rings. The summed E-state index contributed by atoms with van der Waals surface area (Å²) in [6.45, 7) is 0. The molecule has 1 aromatic heterocycles. The summed E-state index contributed by atoms with van der Waals surface area (Å²) >= 11 is 5.73. The van der Waals surface area contributed by atoms with Gasteiger partial charge in [-0.3, -0.25) is 4.79 Å². The van der Waals surface area contributed by atoms with Crippen molar-refractivity contribution in [1.29, 1.82) is 0 Å². The number of aromatic amines is 1. The number of rotatable bonds is 3. The normalized spacial score (nSPS) is 10.1.